The summed E-state index contributed by atoms with van der Waals surface area (Å²) in [6.07, 6.45) is 1.59. The Morgan fingerprint density at radius 2 is 1.87 bits per heavy atom. The average molecular weight is 421 g/mol. The number of nitrogens with one attached hydrogen (secondary N) is 1. The van der Waals surface area contributed by atoms with E-state index in [1.54, 1.807) is 0 Å². The van der Waals surface area contributed by atoms with E-state index in [0.717, 1.165) is 48.4 Å². The zero-order valence-electron chi connectivity index (χ0n) is 18.5. The molecule has 2 heterocycles. The number of benzene rings is 2. The van der Waals surface area contributed by atoms with Gasteiger partial charge in [0.1, 0.15) is 5.71 Å². The zero-order valence-corrected chi connectivity index (χ0v) is 18.5. The minimum Gasteiger partial charge on any atom is -0.466 e. The Labute approximate surface area is 183 Å². The molecule has 6 heteroatoms. The molecule has 0 aromatic heterocycles. The molecular formula is C25H30N3O3+. The van der Waals surface area contributed by atoms with Crippen LogP contribution in [0.4, 0.5) is 11.4 Å². The standard InChI is InChI=1S/C25H29N3O3/c1-4-31-25(30)19-11-13-27(14-12-19)16-28-22-8-6-5-7-21(22)23(24(28)29)26-20-10-9-17(2)18(3)15-20/h5-10,15,19H,4,11-14,16H2,1-3H3/p+1. The van der Waals surface area contributed by atoms with Gasteiger partial charge >= 0.3 is 5.97 Å². The molecule has 2 aliphatic heterocycles. The van der Waals surface area contributed by atoms with Crippen LogP contribution in [0.1, 0.15) is 36.5 Å². The smallest absolute Gasteiger partial charge is 0.309 e. The van der Waals surface area contributed by atoms with E-state index in [2.05, 4.69) is 13.8 Å². The molecule has 0 saturated carbocycles. The highest BCUT2D eigenvalue weighted by Crippen LogP contribution is 2.30. The largest absolute Gasteiger partial charge is 0.466 e. The van der Waals surface area contributed by atoms with Gasteiger partial charge < -0.3 is 9.64 Å². The van der Waals surface area contributed by atoms with E-state index in [1.165, 1.54) is 10.5 Å². The van der Waals surface area contributed by atoms with Crippen LogP contribution in [0, 0.1) is 19.8 Å². The van der Waals surface area contributed by atoms with Gasteiger partial charge in [0.25, 0.3) is 5.91 Å². The van der Waals surface area contributed by atoms with Crippen LogP contribution in [-0.2, 0) is 14.3 Å². The maximum Gasteiger partial charge on any atom is 0.309 e. The molecule has 6 nitrogen and oxygen atoms in total. The number of amides is 1. The van der Waals surface area contributed by atoms with Crippen molar-refractivity contribution >= 4 is 29.0 Å². The number of rotatable bonds is 5. The maximum atomic E-state index is 13.4. The van der Waals surface area contributed by atoms with Crippen molar-refractivity contribution in [3.63, 3.8) is 0 Å². The summed E-state index contributed by atoms with van der Waals surface area (Å²) in [6, 6.07) is 13.9. The summed E-state index contributed by atoms with van der Waals surface area (Å²) < 4.78 is 5.17. The van der Waals surface area contributed by atoms with Crippen molar-refractivity contribution in [2.75, 3.05) is 31.3 Å². The number of likely N-dealkylation sites (tertiary alicyclic amines) is 1. The van der Waals surface area contributed by atoms with Gasteiger partial charge in [-0.05, 0) is 50.1 Å². The first-order valence-corrected chi connectivity index (χ1v) is 11.1. The SMILES string of the molecule is CCOC(=O)C1CC[NH+](CN2C(=O)C(=Nc3ccc(C)c(C)c3)c3ccccc32)CC1. The van der Waals surface area contributed by atoms with Crippen LogP contribution in [0.2, 0.25) is 0 Å². The normalized spacial score (nSPS) is 22.0. The van der Waals surface area contributed by atoms with Gasteiger partial charge in [0.05, 0.1) is 37.0 Å². The number of aliphatic imine (C=N–C) groups is 1. The van der Waals surface area contributed by atoms with E-state index in [9.17, 15) is 9.59 Å². The molecule has 0 atom stereocenters. The third kappa shape index (κ3) is 4.39. The lowest BCUT2D eigenvalue weighted by molar-refractivity contribution is -0.904. The molecular weight excluding hydrogens is 390 g/mol. The highest BCUT2D eigenvalue weighted by atomic mass is 16.5. The number of para-hydroxylation sites is 1. The third-order valence-electron chi connectivity index (χ3n) is 6.32. The number of esters is 1. The van der Waals surface area contributed by atoms with E-state index < -0.39 is 0 Å². The highest BCUT2D eigenvalue weighted by Gasteiger charge is 2.37. The number of nitrogens with zero attached hydrogens (tertiary/aromatic N) is 2. The van der Waals surface area contributed by atoms with Gasteiger partial charge in [-0.2, -0.15) is 0 Å². The van der Waals surface area contributed by atoms with E-state index in [1.807, 2.05) is 54.3 Å². The Morgan fingerprint density at radius 3 is 2.58 bits per heavy atom. The van der Waals surface area contributed by atoms with Crippen molar-refractivity contribution in [1.29, 1.82) is 0 Å². The molecule has 162 valence electrons. The van der Waals surface area contributed by atoms with Crippen molar-refractivity contribution in [3.8, 4) is 0 Å². The molecule has 0 spiro atoms. The molecule has 2 aliphatic rings. The molecule has 1 N–H and O–H groups in total. The number of aryl methyl sites for hydroxylation is 2. The molecule has 31 heavy (non-hydrogen) atoms. The molecule has 0 aliphatic carbocycles. The van der Waals surface area contributed by atoms with Crippen molar-refractivity contribution in [3.05, 3.63) is 59.2 Å². The van der Waals surface area contributed by atoms with Crippen LogP contribution in [0.5, 0.6) is 0 Å². The summed E-state index contributed by atoms with van der Waals surface area (Å²) in [5.41, 5.74) is 5.46. The second kappa shape index (κ2) is 9.02. The quantitative estimate of drug-likeness (QED) is 0.757. The van der Waals surface area contributed by atoms with Crippen molar-refractivity contribution in [2.45, 2.75) is 33.6 Å². The van der Waals surface area contributed by atoms with E-state index in [-0.39, 0.29) is 17.8 Å². The van der Waals surface area contributed by atoms with Gasteiger partial charge in [0.15, 0.2) is 6.67 Å². The fourth-order valence-electron chi connectivity index (χ4n) is 4.35. The van der Waals surface area contributed by atoms with Gasteiger partial charge in [-0.1, -0.05) is 24.3 Å². The number of piperidine rings is 1. The Morgan fingerprint density at radius 1 is 1.13 bits per heavy atom. The lowest BCUT2D eigenvalue weighted by Gasteiger charge is -2.30. The van der Waals surface area contributed by atoms with Crippen LogP contribution < -0.4 is 9.80 Å². The summed E-state index contributed by atoms with van der Waals surface area (Å²) in [5, 5.41) is 0. The molecule has 1 saturated heterocycles. The molecule has 0 bridgehead atoms. The monoisotopic (exact) mass is 420 g/mol. The first kappa shape index (κ1) is 21.2. The van der Waals surface area contributed by atoms with Crippen molar-refractivity contribution in [1.82, 2.24) is 0 Å². The van der Waals surface area contributed by atoms with Crippen molar-refractivity contribution in [2.24, 2.45) is 10.9 Å². The van der Waals surface area contributed by atoms with E-state index in [0.29, 0.717) is 19.0 Å². The fraction of sp³-hybridized carbons (Fsp3) is 0.400. The highest BCUT2D eigenvalue weighted by molar-refractivity contribution is 6.54. The lowest BCUT2D eigenvalue weighted by atomic mass is 9.97. The Kier molecular flexibility index (Phi) is 6.18. The Bertz CT molecular complexity index is 1020. The molecule has 4 rings (SSSR count). The van der Waals surface area contributed by atoms with Gasteiger partial charge in [-0.15, -0.1) is 0 Å². The predicted octanol–water partition coefficient (Wildman–Crippen LogP) is 2.59. The number of ether oxygens (including phenoxy) is 1. The number of fused-ring (bicyclic) bond motifs is 1. The Hall–Kier alpha value is -2.99. The second-order valence-electron chi connectivity index (χ2n) is 8.41. The zero-order chi connectivity index (χ0) is 22.0. The van der Waals surface area contributed by atoms with Crippen molar-refractivity contribution < 1.29 is 19.2 Å². The van der Waals surface area contributed by atoms with Crippen LogP contribution >= 0.6 is 0 Å². The van der Waals surface area contributed by atoms with Crippen LogP contribution in [0.15, 0.2) is 47.5 Å². The average Bonchev–Trinajstić information content (AvgIpc) is 3.03. The van der Waals surface area contributed by atoms with Gasteiger partial charge in [-0.3, -0.25) is 14.5 Å². The number of carbonyl (C=O) groups is 2. The summed E-state index contributed by atoms with van der Waals surface area (Å²) in [6.45, 7) is 8.66. The molecule has 2 aromatic carbocycles. The molecule has 1 amide bonds. The summed E-state index contributed by atoms with van der Waals surface area (Å²) in [7, 11) is 0. The molecule has 2 aromatic rings. The number of carbonyl (C=O) groups excluding carboxylic acids is 2. The predicted molar refractivity (Wildman–Crippen MR) is 121 cm³/mol. The first-order valence-electron chi connectivity index (χ1n) is 11.1. The van der Waals surface area contributed by atoms with Gasteiger partial charge in [0.2, 0.25) is 0 Å². The summed E-state index contributed by atoms with van der Waals surface area (Å²) in [4.78, 5) is 33.3. The van der Waals surface area contributed by atoms with Crippen LogP contribution in [-0.4, -0.2) is 44.0 Å². The molecule has 0 radical (unpaired) electrons. The van der Waals surface area contributed by atoms with E-state index >= 15 is 0 Å². The molecule has 1 fully saturated rings. The minimum atomic E-state index is -0.0908. The van der Waals surface area contributed by atoms with Gasteiger partial charge in [-0.25, -0.2) is 4.99 Å². The van der Waals surface area contributed by atoms with Crippen LogP contribution in [0.25, 0.3) is 0 Å². The van der Waals surface area contributed by atoms with E-state index in [4.69, 9.17) is 9.73 Å². The minimum absolute atomic E-state index is 0.0211. The second-order valence-corrected chi connectivity index (χ2v) is 8.41. The number of hydrogen-bond acceptors (Lipinski definition) is 4. The third-order valence-corrected chi connectivity index (χ3v) is 6.32. The topological polar surface area (TPSA) is 63.4 Å². The molecule has 0 unspecified atom stereocenters. The first-order chi connectivity index (χ1) is 15.0. The lowest BCUT2D eigenvalue weighted by Crippen LogP contribution is -3.14. The summed E-state index contributed by atoms with van der Waals surface area (Å²) in [5.74, 6) is -0.168. The van der Waals surface area contributed by atoms with Gasteiger partial charge in [0, 0.05) is 18.4 Å². The Balaban J connectivity index is 1.52. The van der Waals surface area contributed by atoms with Crippen LogP contribution in [0.3, 0.4) is 0 Å². The number of hydrogen-bond donors (Lipinski definition) is 1. The fourth-order valence-corrected chi connectivity index (χ4v) is 4.35. The number of anilines is 1. The summed E-state index contributed by atoms with van der Waals surface area (Å²) >= 11 is 0. The number of quaternary nitrogens is 1. The maximum absolute atomic E-state index is 13.4.